The van der Waals surface area contributed by atoms with Crippen molar-refractivity contribution >= 4 is 48.9 Å². The fourth-order valence-electron chi connectivity index (χ4n) is 1.90. The van der Waals surface area contributed by atoms with Gasteiger partial charge in [-0.25, -0.2) is 0 Å². The van der Waals surface area contributed by atoms with Crippen LogP contribution in [0, 0.1) is 0 Å². The van der Waals surface area contributed by atoms with Crippen LogP contribution in [0.2, 0.25) is 0 Å². The van der Waals surface area contributed by atoms with Gasteiger partial charge in [-0.2, -0.15) is 0 Å². The molecule has 0 aliphatic carbocycles. The molecule has 0 spiro atoms. The van der Waals surface area contributed by atoms with E-state index in [2.05, 4.69) is 27.8 Å². The minimum Gasteiger partial charge on any atom is -0.397 e. The molecule has 1 aromatic carbocycles. The van der Waals surface area contributed by atoms with E-state index >= 15 is 0 Å². The molecule has 1 unspecified atom stereocenters. The Bertz CT molecular complexity index is 636. The second-order valence-corrected chi connectivity index (χ2v) is 6.26. The molecule has 1 aromatic heterocycles. The van der Waals surface area contributed by atoms with E-state index in [1.54, 1.807) is 6.08 Å². The largest absolute Gasteiger partial charge is 0.397 e. The number of anilines is 1. The Kier molecular flexibility index (Phi) is 4.27. The maximum absolute atomic E-state index is 12.2. The van der Waals surface area contributed by atoms with Crippen molar-refractivity contribution in [3.05, 3.63) is 40.2 Å². The first-order chi connectivity index (χ1) is 9.04. The number of carbonyl (C=O) groups is 1. The molecule has 0 radical (unpaired) electrons. The summed E-state index contributed by atoms with van der Waals surface area (Å²) in [5.41, 5.74) is 6.63. The second-order valence-electron chi connectivity index (χ2n) is 4.36. The van der Waals surface area contributed by atoms with Crippen LogP contribution in [0.3, 0.4) is 0 Å². The highest BCUT2D eigenvalue weighted by Gasteiger charge is 2.18. The number of amides is 1. The van der Waals surface area contributed by atoms with Gasteiger partial charge in [0.2, 0.25) is 0 Å². The summed E-state index contributed by atoms with van der Waals surface area (Å²) in [4.78, 5) is 12.8. The number of halogens is 1. The van der Waals surface area contributed by atoms with Crippen molar-refractivity contribution in [2.75, 3.05) is 5.73 Å². The molecule has 19 heavy (non-hydrogen) atoms. The molecule has 2 aromatic rings. The SMILES string of the molecule is C=CCC(C)NC(=O)c1sc2cccc(Br)c2c1N. The van der Waals surface area contributed by atoms with Crippen LogP contribution < -0.4 is 11.1 Å². The quantitative estimate of drug-likeness (QED) is 0.829. The highest BCUT2D eigenvalue weighted by molar-refractivity contribution is 9.10. The lowest BCUT2D eigenvalue weighted by atomic mass is 10.2. The van der Waals surface area contributed by atoms with Gasteiger partial charge in [0.25, 0.3) is 5.91 Å². The number of rotatable bonds is 4. The fraction of sp³-hybridized carbons (Fsp3) is 0.214. The summed E-state index contributed by atoms with van der Waals surface area (Å²) in [5, 5.41) is 3.83. The molecular formula is C14H15BrN2OS. The summed E-state index contributed by atoms with van der Waals surface area (Å²) in [6.45, 7) is 5.61. The van der Waals surface area contributed by atoms with Crippen LogP contribution in [0.4, 0.5) is 5.69 Å². The lowest BCUT2D eigenvalue weighted by Crippen LogP contribution is -2.31. The van der Waals surface area contributed by atoms with E-state index in [1.807, 2.05) is 25.1 Å². The number of fused-ring (bicyclic) bond motifs is 1. The summed E-state index contributed by atoms with van der Waals surface area (Å²) in [6.07, 6.45) is 2.52. The van der Waals surface area contributed by atoms with E-state index in [4.69, 9.17) is 5.73 Å². The van der Waals surface area contributed by atoms with Crippen LogP contribution in [-0.4, -0.2) is 11.9 Å². The Hall–Kier alpha value is -1.33. The summed E-state index contributed by atoms with van der Waals surface area (Å²) >= 11 is 4.88. The van der Waals surface area contributed by atoms with Gasteiger partial charge < -0.3 is 11.1 Å². The van der Waals surface area contributed by atoms with Crippen molar-refractivity contribution in [2.24, 2.45) is 0 Å². The maximum Gasteiger partial charge on any atom is 0.263 e. The van der Waals surface area contributed by atoms with E-state index in [0.29, 0.717) is 10.6 Å². The van der Waals surface area contributed by atoms with Gasteiger partial charge in [0.1, 0.15) is 4.88 Å². The van der Waals surface area contributed by atoms with E-state index < -0.39 is 0 Å². The monoisotopic (exact) mass is 338 g/mol. The van der Waals surface area contributed by atoms with Gasteiger partial charge >= 0.3 is 0 Å². The molecule has 1 atom stereocenters. The van der Waals surface area contributed by atoms with E-state index in [0.717, 1.165) is 21.0 Å². The molecule has 0 saturated heterocycles. The Morgan fingerprint density at radius 3 is 3.00 bits per heavy atom. The van der Waals surface area contributed by atoms with Gasteiger partial charge in [-0.3, -0.25) is 4.79 Å². The zero-order valence-electron chi connectivity index (χ0n) is 10.6. The van der Waals surface area contributed by atoms with Crippen molar-refractivity contribution in [2.45, 2.75) is 19.4 Å². The smallest absolute Gasteiger partial charge is 0.263 e. The number of thiophene rings is 1. The first kappa shape index (κ1) is 14.1. The maximum atomic E-state index is 12.2. The third kappa shape index (κ3) is 2.82. The highest BCUT2D eigenvalue weighted by atomic mass is 79.9. The molecular weight excluding hydrogens is 324 g/mol. The molecule has 1 amide bonds. The highest BCUT2D eigenvalue weighted by Crippen LogP contribution is 2.38. The molecule has 0 aliphatic rings. The van der Waals surface area contributed by atoms with Crippen LogP contribution in [0.5, 0.6) is 0 Å². The lowest BCUT2D eigenvalue weighted by Gasteiger charge is -2.10. The molecule has 0 aliphatic heterocycles. The Labute approximate surface area is 124 Å². The van der Waals surface area contributed by atoms with Crippen LogP contribution in [0.15, 0.2) is 35.3 Å². The third-order valence-electron chi connectivity index (χ3n) is 2.81. The number of benzene rings is 1. The molecule has 0 bridgehead atoms. The number of carbonyl (C=O) groups excluding carboxylic acids is 1. The van der Waals surface area contributed by atoms with Gasteiger partial charge in [0.15, 0.2) is 0 Å². The molecule has 0 saturated carbocycles. The van der Waals surface area contributed by atoms with Gasteiger partial charge in [-0.15, -0.1) is 17.9 Å². The van der Waals surface area contributed by atoms with Crippen LogP contribution in [-0.2, 0) is 0 Å². The first-order valence-electron chi connectivity index (χ1n) is 5.92. The topological polar surface area (TPSA) is 55.1 Å². The van der Waals surface area contributed by atoms with Gasteiger partial charge in [-0.05, 0) is 25.5 Å². The van der Waals surface area contributed by atoms with Crippen molar-refractivity contribution < 1.29 is 4.79 Å². The van der Waals surface area contributed by atoms with Gasteiger partial charge in [0.05, 0.1) is 5.69 Å². The predicted octanol–water partition coefficient (Wildman–Crippen LogP) is 3.94. The average Bonchev–Trinajstić information content (AvgIpc) is 2.68. The number of nitrogens with two attached hydrogens (primary N) is 1. The van der Waals surface area contributed by atoms with E-state index in [9.17, 15) is 4.79 Å². The Morgan fingerprint density at radius 1 is 1.63 bits per heavy atom. The zero-order chi connectivity index (χ0) is 14.0. The zero-order valence-corrected chi connectivity index (χ0v) is 13.0. The van der Waals surface area contributed by atoms with Gasteiger partial charge in [0, 0.05) is 20.6 Å². The number of nitrogens with one attached hydrogen (secondary N) is 1. The predicted molar refractivity (Wildman–Crippen MR) is 85.7 cm³/mol. The third-order valence-corrected chi connectivity index (χ3v) is 4.64. The minimum atomic E-state index is -0.125. The number of hydrogen-bond donors (Lipinski definition) is 2. The van der Waals surface area contributed by atoms with Crippen LogP contribution in [0.1, 0.15) is 23.0 Å². The number of nitrogen functional groups attached to an aromatic ring is 1. The Morgan fingerprint density at radius 2 is 2.37 bits per heavy atom. The van der Waals surface area contributed by atoms with E-state index in [1.165, 1.54) is 11.3 Å². The van der Waals surface area contributed by atoms with Crippen LogP contribution >= 0.6 is 27.3 Å². The van der Waals surface area contributed by atoms with Crippen molar-refractivity contribution in [3.63, 3.8) is 0 Å². The van der Waals surface area contributed by atoms with Crippen molar-refractivity contribution in [3.8, 4) is 0 Å². The van der Waals surface area contributed by atoms with Crippen molar-refractivity contribution in [1.82, 2.24) is 5.32 Å². The first-order valence-corrected chi connectivity index (χ1v) is 7.53. The van der Waals surface area contributed by atoms with Crippen molar-refractivity contribution in [1.29, 1.82) is 0 Å². The fourth-order valence-corrected chi connectivity index (χ4v) is 3.66. The standard InChI is InChI=1S/C14H15BrN2OS/c1-3-5-8(2)17-14(18)13-12(16)11-9(15)6-4-7-10(11)19-13/h3-4,6-8H,1,5,16H2,2H3,(H,17,18). The van der Waals surface area contributed by atoms with Crippen LogP contribution in [0.25, 0.3) is 10.1 Å². The second kappa shape index (κ2) is 5.75. The number of hydrogen-bond acceptors (Lipinski definition) is 3. The normalized spacial score (nSPS) is 12.3. The minimum absolute atomic E-state index is 0.0538. The molecule has 3 nitrogen and oxygen atoms in total. The Balaban J connectivity index is 2.35. The average molecular weight is 339 g/mol. The summed E-state index contributed by atoms with van der Waals surface area (Å²) in [7, 11) is 0. The molecule has 2 rings (SSSR count). The summed E-state index contributed by atoms with van der Waals surface area (Å²) < 4.78 is 1.92. The molecule has 0 fully saturated rings. The molecule has 1 heterocycles. The summed E-state index contributed by atoms with van der Waals surface area (Å²) in [5.74, 6) is -0.125. The molecule has 100 valence electrons. The van der Waals surface area contributed by atoms with Gasteiger partial charge in [-0.1, -0.05) is 28.1 Å². The molecule has 3 N–H and O–H groups in total. The lowest BCUT2D eigenvalue weighted by molar-refractivity contribution is 0.0945. The summed E-state index contributed by atoms with van der Waals surface area (Å²) in [6, 6.07) is 5.88. The van der Waals surface area contributed by atoms with E-state index in [-0.39, 0.29) is 11.9 Å². The molecule has 5 heteroatoms.